The van der Waals surface area contributed by atoms with Gasteiger partial charge in [0.25, 0.3) is 0 Å². The molecule has 0 amide bonds. The number of nitrogens with zero attached hydrogens (tertiary/aromatic N) is 3. The maximum absolute atomic E-state index is 10.8. The Hall–Kier alpha value is -1.53. The standard InChI is InChI=1S/C11H10ClN3O2S/c1-6-13-14-11(15(6)2)18-9-4-3-7(10(16)17)5-8(9)12/h3-5H,1-2H3,(H,16,17). The molecule has 0 atom stereocenters. The van der Waals surface area contributed by atoms with Gasteiger partial charge in [0.1, 0.15) is 5.82 Å². The van der Waals surface area contributed by atoms with Crippen molar-refractivity contribution in [1.82, 2.24) is 14.8 Å². The molecule has 0 unspecified atom stereocenters. The van der Waals surface area contributed by atoms with Crippen LogP contribution in [0.4, 0.5) is 0 Å². The van der Waals surface area contributed by atoms with Gasteiger partial charge < -0.3 is 9.67 Å². The van der Waals surface area contributed by atoms with Crippen LogP contribution >= 0.6 is 23.4 Å². The molecule has 0 bridgehead atoms. The normalized spacial score (nSPS) is 10.6. The van der Waals surface area contributed by atoms with Crippen molar-refractivity contribution >= 4 is 29.3 Å². The van der Waals surface area contributed by atoms with Crippen LogP contribution in [0.5, 0.6) is 0 Å². The molecule has 0 radical (unpaired) electrons. The van der Waals surface area contributed by atoms with E-state index in [2.05, 4.69) is 10.2 Å². The number of aryl methyl sites for hydroxylation is 1. The zero-order chi connectivity index (χ0) is 13.3. The summed E-state index contributed by atoms with van der Waals surface area (Å²) < 4.78 is 1.84. The molecule has 18 heavy (non-hydrogen) atoms. The fourth-order valence-electron chi connectivity index (χ4n) is 1.29. The number of aromatic nitrogens is 3. The van der Waals surface area contributed by atoms with E-state index >= 15 is 0 Å². The number of rotatable bonds is 3. The van der Waals surface area contributed by atoms with Gasteiger partial charge in [-0.15, -0.1) is 10.2 Å². The molecule has 0 saturated heterocycles. The molecular formula is C11H10ClN3O2S. The van der Waals surface area contributed by atoms with Crippen molar-refractivity contribution in [3.63, 3.8) is 0 Å². The Morgan fingerprint density at radius 1 is 1.44 bits per heavy atom. The first-order chi connectivity index (χ1) is 8.49. The topological polar surface area (TPSA) is 68.0 Å². The average molecular weight is 284 g/mol. The van der Waals surface area contributed by atoms with E-state index in [1.165, 1.54) is 23.9 Å². The molecule has 2 rings (SSSR count). The smallest absolute Gasteiger partial charge is 0.335 e. The van der Waals surface area contributed by atoms with Crippen LogP contribution < -0.4 is 0 Å². The van der Waals surface area contributed by atoms with Gasteiger partial charge in [0.15, 0.2) is 5.16 Å². The van der Waals surface area contributed by atoms with E-state index < -0.39 is 5.97 Å². The van der Waals surface area contributed by atoms with E-state index in [0.29, 0.717) is 10.2 Å². The third-order valence-corrected chi connectivity index (χ3v) is 3.97. The van der Waals surface area contributed by atoms with Gasteiger partial charge in [0, 0.05) is 11.9 Å². The second-order valence-corrected chi connectivity index (χ2v) is 5.06. The largest absolute Gasteiger partial charge is 0.478 e. The highest BCUT2D eigenvalue weighted by Crippen LogP contribution is 2.32. The van der Waals surface area contributed by atoms with Crippen LogP contribution in [-0.2, 0) is 7.05 Å². The average Bonchev–Trinajstić information content (AvgIpc) is 2.63. The Morgan fingerprint density at radius 2 is 2.17 bits per heavy atom. The molecule has 5 nitrogen and oxygen atoms in total. The predicted octanol–water partition coefficient (Wildman–Crippen LogP) is 2.63. The van der Waals surface area contributed by atoms with Crippen molar-refractivity contribution in [2.75, 3.05) is 0 Å². The van der Waals surface area contributed by atoms with E-state index in [1.807, 2.05) is 18.5 Å². The van der Waals surface area contributed by atoms with E-state index in [9.17, 15) is 4.79 Å². The Labute approximate surface area is 113 Å². The Bertz CT molecular complexity index is 612. The second-order valence-electron chi connectivity index (χ2n) is 3.64. The highest BCUT2D eigenvalue weighted by molar-refractivity contribution is 7.99. The van der Waals surface area contributed by atoms with Gasteiger partial charge in [0.05, 0.1) is 10.6 Å². The fraction of sp³-hybridized carbons (Fsp3) is 0.182. The van der Waals surface area contributed by atoms with Gasteiger partial charge in [-0.1, -0.05) is 11.6 Å². The molecule has 0 aliphatic carbocycles. The van der Waals surface area contributed by atoms with Gasteiger partial charge in [-0.2, -0.15) is 0 Å². The lowest BCUT2D eigenvalue weighted by atomic mass is 10.2. The van der Waals surface area contributed by atoms with E-state index in [0.717, 1.165) is 10.7 Å². The molecule has 94 valence electrons. The van der Waals surface area contributed by atoms with Gasteiger partial charge in [0.2, 0.25) is 0 Å². The number of hydrogen-bond donors (Lipinski definition) is 1. The lowest BCUT2D eigenvalue weighted by Gasteiger charge is -2.04. The van der Waals surface area contributed by atoms with Gasteiger partial charge in [-0.3, -0.25) is 0 Å². The van der Waals surface area contributed by atoms with E-state index in [4.69, 9.17) is 16.7 Å². The number of carboxylic acids is 1. The van der Waals surface area contributed by atoms with Crippen LogP contribution in [-0.4, -0.2) is 25.8 Å². The minimum Gasteiger partial charge on any atom is -0.478 e. The van der Waals surface area contributed by atoms with Crippen molar-refractivity contribution in [2.24, 2.45) is 7.05 Å². The van der Waals surface area contributed by atoms with Crippen LogP contribution in [0.15, 0.2) is 28.3 Å². The molecule has 1 N–H and O–H groups in total. The second kappa shape index (κ2) is 4.99. The minimum atomic E-state index is -0.997. The molecule has 0 aliphatic rings. The summed E-state index contributed by atoms with van der Waals surface area (Å²) in [6.07, 6.45) is 0. The first kappa shape index (κ1) is 12.9. The summed E-state index contributed by atoms with van der Waals surface area (Å²) in [4.78, 5) is 11.5. The van der Waals surface area contributed by atoms with Crippen LogP contribution in [0, 0.1) is 6.92 Å². The number of halogens is 1. The summed E-state index contributed by atoms with van der Waals surface area (Å²) in [6.45, 7) is 1.85. The molecule has 0 spiro atoms. The molecule has 0 fully saturated rings. The molecule has 0 saturated carbocycles. The summed E-state index contributed by atoms with van der Waals surface area (Å²) in [5.41, 5.74) is 0.165. The minimum absolute atomic E-state index is 0.165. The van der Waals surface area contributed by atoms with Gasteiger partial charge in [-0.05, 0) is 36.9 Å². The van der Waals surface area contributed by atoms with Gasteiger partial charge in [-0.25, -0.2) is 4.79 Å². The Kier molecular flexibility index (Phi) is 3.58. The first-order valence-electron chi connectivity index (χ1n) is 5.05. The molecule has 7 heteroatoms. The van der Waals surface area contributed by atoms with Crippen molar-refractivity contribution in [2.45, 2.75) is 17.0 Å². The monoisotopic (exact) mass is 283 g/mol. The summed E-state index contributed by atoms with van der Waals surface area (Å²) in [5.74, 6) is -0.196. The Morgan fingerprint density at radius 3 is 2.67 bits per heavy atom. The third-order valence-electron chi connectivity index (χ3n) is 2.43. The summed E-state index contributed by atoms with van der Waals surface area (Å²) in [6, 6.07) is 4.61. The van der Waals surface area contributed by atoms with E-state index in [-0.39, 0.29) is 5.56 Å². The molecule has 1 aromatic carbocycles. The van der Waals surface area contributed by atoms with Crippen molar-refractivity contribution in [1.29, 1.82) is 0 Å². The molecular weight excluding hydrogens is 274 g/mol. The maximum atomic E-state index is 10.8. The summed E-state index contributed by atoms with van der Waals surface area (Å²) in [7, 11) is 1.86. The number of carbonyl (C=O) groups is 1. The number of carboxylic acid groups (broad SMARTS) is 1. The highest BCUT2D eigenvalue weighted by Gasteiger charge is 2.11. The SMILES string of the molecule is Cc1nnc(Sc2ccc(C(=O)O)cc2Cl)n1C. The van der Waals surface area contributed by atoms with Crippen molar-refractivity contribution < 1.29 is 9.90 Å². The summed E-state index contributed by atoms with van der Waals surface area (Å²) >= 11 is 7.39. The van der Waals surface area contributed by atoms with Gasteiger partial charge >= 0.3 is 5.97 Å². The van der Waals surface area contributed by atoms with Crippen LogP contribution in [0.3, 0.4) is 0 Å². The molecule has 1 heterocycles. The maximum Gasteiger partial charge on any atom is 0.335 e. The quantitative estimate of drug-likeness (QED) is 0.938. The zero-order valence-electron chi connectivity index (χ0n) is 9.72. The Balaban J connectivity index is 2.30. The first-order valence-corrected chi connectivity index (χ1v) is 6.25. The van der Waals surface area contributed by atoms with Crippen molar-refractivity contribution in [3.05, 3.63) is 34.6 Å². The lowest BCUT2D eigenvalue weighted by molar-refractivity contribution is 0.0697. The van der Waals surface area contributed by atoms with Crippen LogP contribution in [0.25, 0.3) is 0 Å². The molecule has 1 aromatic heterocycles. The zero-order valence-corrected chi connectivity index (χ0v) is 11.3. The lowest BCUT2D eigenvalue weighted by Crippen LogP contribution is -1.96. The third kappa shape index (κ3) is 2.49. The van der Waals surface area contributed by atoms with Crippen molar-refractivity contribution in [3.8, 4) is 0 Å². The highest BCUT2D eigenvalue weighted by atomic mass is 35.5. The summed E-state index contributed by atoms with van der Waals surface area (Å²) in [5, 5.41) is 17.9. The molecule has 0 aliphatic heterocycles. The number of aromatic carboxylic acids is 1. The fourth-order valence-corrected chi connectivity index (χ4v) is 2.43. The molecule has 2 aromatic rings. The van der Waals surface area contributed by atoms with Crippen LogP contribution in [0.2, 0.25) is 5.02 Å². The number of benzene rings is 1. The number of hydrogen-bond acceptors (Lipinski definition) is 4. The predicted molar refractivity (Wildman–Crippen MR) is 68.3 cm³/mol. The van der Waals surface area contributed by atoms with E-state index in [1.54, 1.807) is 6.07 Å². The van der Waals surface area contributed by atoms with Crippen LogP contribution in [0.1, 0.15) is 16.2 Å².